The predicted octanol–water partition coefficient (Wildman–Crippen LogP) is 4.09. The van der Waals surface area contributed by atoms with Gasteiger partial charge in [0, 0.05) is 19.6 Å². The largest absolute Gasteiger partial charge is 0.478 e. The van der Waals surface area contributed by atoms with Gasteiger partial charge >= 0.3 is 19.9 Å². The van der Waals surface area contributed by atoms with E-state index in [0.29, 0.717) is 13.1 Å². The Hall–Kier alpha value is -1.19. The van der Waals surface area contributed by atoms with E-state index >= 15 is 0 Å². The molecule has 0 aliphatic rings. The molecule has 0 aliphatic carbocycles. The van der Waals surface area contributed by atoms with Crippen LogP contribution in [-0.4, -0.2) is 67.2 Å². The number of nitrogens with zero attached hydrogens (tertiary/aromatic N) is 1. The first-order valence-electron chi connectivity index (χ1n) is 10.3. The molecule has 0 atom stereocenters. The van der Waals surface area contributed by atoms with E-state index in [-0.39, 0.29) is 13.0 Å². The van der Waals surface area contributed by atoms with E-state index in [0.717, 1.165) is 0 Å². The summed E-state index contributed by atoms with van der Waals surface area (Å²) in [7, 11) is -2.27. The molecule has 0 aromatic carbocycles. The third-order valence-electron chi connectivity index (χ3n) is 3.06. The van der Waals surface area contributed by atoms with E-state index < -0.39 is 43.5 Å². The number of nitrogens with one attached hydrogen (secondary N) is 1. The van der Waals surface area contributed by atoms with Crippen LogP contribution in [0.5, 0.6) is 0 Å². The van der Waals surface area contributed by atoms with Gasteiger partial charge in [-0.25, -0.2) is 13.9 Å². The van der Waals surface area contributed by atoms with Gasteiger partial charge in [0.15, 0.2) is 0 Å². The quantitative estimate of drug-likeness (QED) is 0.272. The topological polar surface area (TPSA) is 113 Å². The smallest absolute Gasteiger partial charge is 0.460 e. The Morgan fingerprint density at radius 3 is 1.81 bits per heavy atom. The van der Waals surface area contributed by atoms with Gasteiger partial charge in [-0.1, -0.05) is 0 Å². The summed E-state index contributed by atoms with van der Waals surface area (Å²) in [5.41, 5.74) is -2.23. The fourth-order valence-corrected chi connectivity index (χ4v) is 3.80. The third kappa shape index (κ3) is 16.1. The summed E-state index contributed by atoms with van der Waals surface area (Å²) >= 11 is 0. The van der Waals surface area contributed by atoms with Gasteiger partial charge in [0.25, 0.3) is 0 Å². The van der Waals surface area contributed by atoms with Crippen molar-refractivity contribution < 1.29 is 37.2 Å². The van der Waals surface area contributed by atoms with Crippen molar-refractivity contribution in [2.75, 3.05) is 33.5 Å². The number of likely N-dealkylation sites (N-methyl/N-ethyl adjacent to an activating group) is 1. The first-order valence-corrected chi connectivity index (χ1v) is 11.8. The van der Waals surface area contributed by atoms with Crippen LogP contribution in [0.2, 0.25) is 0 Å². The molecule has 11 heteroatoms. The number of hydrogen-bond donors (Lipinski definition) is 1. The van der Waals surface area contributed by atoms with Crippen molar-refractivity contribution in [1.82, 2.24) is 10.2 Å². The number of phosphoric ester groups is 1. The number of ether oxygens (including phenoxy) is 2. The van der Waals surface area contributed by atoms with E-state index in [1.807, 2.05) is 0 Å². The third-order valence-corrected chi connectivity index (χ3v) is 5.02. The molecule has 0 fully saturated rings. The molecule has 0 aliphatic heterocycles. The van der Waals surface area contributed by atoms with Gasteiger partial charge in [0.05, 0.1) is 17.6 Å². The van der Waals surface area contributed by atoms with Crippen molar-refractivity contribution in [1.29, 1.82) is 0 Å². The van der Waals surface area contributed by atoms with Crippen molar-refractivity contribution in [3.05, 3.63) is 0 Å². The summed E-state index contributed by atoms with van der Waals surface area (Å²) in [6.45, 7) is 15.8. The molecule has 0 rings (SSSR count). The monoisotopic (exact) mass is 468 g/mol. The number of hydrogen-bond acceptors (Lipinski definition) is 9. The number of carbonyl (C=O) groups excluding carboxylic acids is 2. The zero-order valence-corrected chi connectivity index (χ0v) is 21.6. The Balaban J connectivity index is 4.96. The zero-order valence-electron chi connectivity index (χ0n) is 20.7. The van der Waals surface area contributed by atoms with Crippen molar-refractivity contribution in [3.63, 3.8) is 0 Å². The minimum absolute atomic E-state index is 0.00963. The molecule has 0 aromatic heterocycles. The Morgan fingerprint density at radius 1 is 0.871 bits per heavy atom. The highest BCUT2D eigenvalue weighted by Crippen LogP contribution is 2.55. The summed E-state index contributed by atoms with van der Waals surface area (Å²) in [5, 5.41) is 2.93. The van der Waals surface area contributed by atoms with Crippen LogP contribution in [-0.2, 0) is 32.4 Å². The van der Waals surface area contributed by atoms with Gasteiger partial charge < -0.3 is 19.7 Å². The predicted molar refractivity (Wildman–Crippen MR) is 118 cm³/mol. The molecular formula is C20H41N2O8P. The first-order chi connectivity index (χ1) is 13.9. The van der Waals surface area contributed by atoms with E-state index in [1.165, 1.54) is 4.90 Å². The van der Waals surface area contributed by atoms with Crippen molar-refractivity contribution >= 4 is 19.9 Å². The Labute approximate surface area is 186 Å². The van der Waals surface area contributed by atoms with E-state index in [4.69, 9.17) is 23.0 Å². The van der Waals surface area contributed by atoms with Gasteiger partial charge in [0.1, 0.15) is 5.60 Å². The molecule has 0 saturated carbocycles. The first kappa shape index (κ1) is 29.8. The number of amides is 1. The molecule has 0 spiro atoms. The van der Waals surface area contributed by atoms with Gasteiger partial charge in [-0.15, -0.1) is 0 Å². The molecule has 0 radical (unpaired) electrons. The van der Waals surface area contributed by atoms with Crippen LogP contribution in [0.3, 0.4) is 0 Å². The highest BCUT2D eigenvalue weighted by atomic mass is 31.2. The Morgan fingerprint density at radius 2 is 1.39 bits per heavy atom. The normalized spacial score (nSPS) is 13.1. The average molecular weight is 469 g/mol. The lowest BCUT2D eigenvalue weighted by Crippen LogP contribution is -2.39. The Kier molecular flexibility index (Phi) is 11.7. The highest BCUT2D eigenvalue weighted by Gasteiger charge is 2.37. The summed E-state index contributed by atoms with van der Waals surface area (Å²) < 4.78 is 39.5. The van der Waals surface area contributed by atoms with Crippen LogP contribution in [0.25, 0.3) is 0 Å². The maximum Gasteiger partial charge on any atom is 0.478 e. The van der Waals surface area contributed by atoms with Crippen molar-refractivity contribution in [2.24, 2.45) is 0 Å². The van der Waals surface area contributed by atoms with Crippen LogP contribution in [0.15, 0.2) is 0 Å². The van der Waals surface area contributed by atoms with Crippen molar-refractivity contribution in [3.8, 4) is 0 Å². The lowest BCUT2D eigenvalue weighted by molar-refractivity contribution is -0.155. The summed E-state index contributed by atoms with van der Waals surface area (Å²) in [5.74, 6) is -0.423. The highest BCUT2D eigenvalue weighted by molar-refractivity contribution is 7.48. The summed E-state index contributed by atoms with van der Waals surface area (Å²) in [4.78, 5) is 25.8. The van der Waals surface area contributed by atoms with E-state index in [2.05, 4.69) is 5.32 Å². The van der Waals surface area contributed by atoms with Gasteiger partial charge in [-0.05, 0) is 69.4 Å². The SMILES string of the molecule is CNCCN(CCC(=O)OC(C)(C)C)C(=O)OCOP(=O)(OC(C)(C)C)OC(C)(C)C. The fraction of sp³-hybridized carbons (Fsp3) is 0.900. The number of carbonyl (C=O) groups is 2. The fourth-order valence-electron chi connectivity index (χ4n) is 2.13. The lowest BCUT2D eigenvalue weighted by Gasteiger charge is -2.30. The number of rotatable bonds is 11. The zero-order chi connectivity index (χ0) is 24.5. The van der Waals surface area contributed by atoms with E-state index in [9.17, 15) is 14.2 Å². The minimum Gasteiger partial charge on any atom is -0.460 e. The average Bonchev–Trinajstić information content (AvgIpc) is 2.49. The molecule has 1 amide bonds. The molecule has 0 bridgehead atoms. The number of esters is 1. The molecule has 10 nitrogen and oxygen atoms in total. The summed E-state index contributed by atoms with van der Waals surface area (Å²) in [6.07, 6.45) is -0.715. The van der Waals surface area contributed by atoms with E-state index in [1.54, 1.807) is 69.4 Å². The maximum atomic E-state index is 13.0. The molecule has 0 heterocycles. The second kappa shape index (κ2) is 12.2. The molecule has 1 N–H and O–H groups in total. The van der Waals surface area contributed by atoms with Crippen LogP contribution in [0.1, 0.15) is 68.7 Å². The van der Waals surface area contributed by atoms with Crippen LogP contribution in [0, 0.1) is 0 Å². The molecule has 31 heavy (non-hydrogen) atoms. The second-order valence-electron chi connectivity index (χ2n) is 9.94. The molecule has 0 aromatic rings. The standard InChI is InChI=1S/C20H41N2O8P/c1-18(2,3)28-16(23)11-13-22(14-12-21-10)17(24)26-15-27-31(25,29-19(4,5)6)30-20(7,8)9/h21H,11-15H2,1-10H3. The van der Waals surface area contributed by atoms with Gasteiger partial charge in [0.2, 0.25) is 6.79 Å². The Bertz CT molecular complexity index is 600. The summed E-state index contributed by atoms with van der Waals surface area (Å²) in [6, 6.07) is 0. The molecule has 0 saturated heterocycles. The van der Waals surface area contributed by atoms with Crippen LogP contribution < -0.4 is 5.32 Å². The molecule has 0 unspecified atom stereocenters. The van der Waals surface area contributed by atoms with Gasteiger partial charge in [-0.2, -0.15) is 0 Å². The van der Waals surface area contributed by atoms with Gasteiger partial charge in [-0.3, -0.25) is 13.8 Å². The van der Waals surface area contributed by atoms with Crippen LogP contribution in [0.4, 0.5) is 4.79 Å². The molecule has 184 valence electrons. The molecular weight excluding hydrogens is 427 g/mol. The maximum absolute atomic E-state index is 13.0. The van der Waals surface area contributed by atoms with Crippen molar-refractivity contribution in [2.45, 2.75) is 85.5 Å². The second-order valence-corrected chi connectivity index (χ2v) is 11.5. The minimum atomic E-state index is -4.01. The lowest BCUT2D eigenvalue weighted by atomic mass is 10.2. The van der Waals surface area contributed by atoms with Crippen LogP contribution >= 0.6 is 7.82 Å². The number of phosphoric acid groups is 1.